The molecule has 0 radical (unpaired) electrons. The van der Waals surface area contributed by atoms with E-state index < -0.39 is 63.7 Å². The molecule has 0 aromatic heterocycles. The van der Waals surface area contributed by atoms with Gasteiger partial charge < -0.3 is 24.8 Å². The van der Waals surface area contributed by atoms with Gasteiger partial charge in [0.25, 0.3) is 6.47 Å². The highest BCUT2D eigenvalue weighted by atomic mass is 16.6. The minimum absolute atomic E-state index is 0.112. The SMILES string of the molecule is CC(=O)O[C@]12C(C3C=C(CO)C[C@]4(O)C(=O)C(C)=CC4[C@@]3(O)[C@H](C)[C@H]1OC=O)C2(C)C. The minimum Gasteiger partial charge on any atom is -0.460 e. The summed E-state index contributed by atoms with van der Waals surface area (Å²) in [6, 6.07) is 0. The number of aliphatic hydroxyl groups excluding tert-OH is 1. The first kappa shape index (κ1) is 22.2. The summed E-state index contributed by atoms with van der Waals surface area (Å²) < 4.78 is 11.3. The Hall–Kier alpha value is -2.03. The number of esters is 1. The second-order valence-electron chi connectivity index (χ2n) is 10.2. The highest BCUT2D eigenvalue weighted by Crippen LogP contribution is 2.77. The monoisotopic (exact) mass is 434 g/mol. The summed E-state index contributed by atoms with van der Waals surface area (Å²) in [5.74, 6) is -3.89. The molecule has 170 valence electrons. The van der Waals surface area contributed by atoms with E-state index in [1.165, 1.54) is 6.92 Å². The van der Waals surface area contributed by atoms with E-state index in [0.717, 1.165) is 0 Å². The Bertz CT molecular complexity index is 919. The third kappa shape index (κ3) is 2.44. The van der Waals surface area contributed by atoms with Crippen LogP contribution in [-0.2, 0) is 23.9 Å². The number of rotatable bonds is 4. The van der Waals surface area contributed by atoms with Crippen molar-refractivity contribution in [2.45, 2.75) is 63.9 Å². The van der Waals surface area contributed by atoms with Crippen molar-refractivity contribution in [1.29, 1.82) is 0 Å². The molecule has 0 aromatic carbocycles. The summed E-state index contributed by atoms with van der Waals surface area (Å²) in [4.78, 5) is 36.4. The van der Waals surface area contributed by atoms with Crippen LogP contribution in [0.3, 0.4) is 0 Å². The summed E-state index contributed by atoms with van der Waals surface area (Å²) in [6.07, 6.45) is 2.22. The Balaban J connectivity index is 1.97. The molecule has 8 atom stereocenters. The fourth-order valence-corrected chi connectivity index (χ4v) is 7.15. The molecule has 8 heteroatoms. The van der Waals surface area contributed by atoms with Crippen molar-refractivity contribution in [3.05, 3.63) is 23.3 Å². The molecule has 4 rings (SSSR count). The Morgan fingerprint density at radius 2 is 1.94 bits per heavy atom. The molecular formula is C23H30O8. The lowest BCUT2D eigenvalue weighted by molar-refractivity contribution is -0.224. The van der Waals surface area contributed by atoms with Crippen LogP contribution in [0.2, 0.25) is 0 Å². The molecule has 0 amide bonds. The Morgan fingerprint density at radius 3 is 2.48 bits per heavy atom. The predicted molar refractivity (Wildman–Crippen MR) is 107 cm³/mol. The minimum atomic E-state index is -1.91. The lowest BCUT2D eigenvalue weighted by atomic mass is 9.59. The third-order valence-electron chi connectivity index (χ3n) is 8.47. The first-order valence-corrected chi connectivity index (χ1v) is 10.6. The number of hydrogen-bond donors (Lipinski definition) is 3. The van der Waals surface area contributed by atoms with Crippen LogP contribution in [0.25, 0.3) is 0 Å². The predicted octanol–water partition coefficient (Wildman–Crippen LogP) is 0.682. The van der Waals surface area contributed by atoms with E-state index in [0.29, 0.717) is 11.1 Å². The first-order chi connectivity index (χ1) is 14.3. The summed E-state index contributed by atoms with van der Waals surface area (Å²) in [5.41, 5.74) is -4.66. The van der Waals surface area contributed by atoms with Crippen molar-refractivity contribution < 1.29 is 39.2 Å². The molecule has 4 aliphatic rings. The van der Waals surface area contributed by atoms with Crippen LogP contribution < -0.4 is 0 Å². The zero-order chi connectivity index (χ0) is 23.1. The van der Waals surface area contributed by atoms with Crippen molar-refractivity contribution in [3.8, 4) is 0 Å². The second-order valence-corrected chi connectivity index (χ2v) is 10.2. The molecule has 0 aliphatic heterocycles. The van der Waals surface area contributed by atoms with Gasteiger partial charge in [0.05, 0.1) is 12.2 Å². The van der Waals surface area contributed by atoms with E-state index in [1.54, 1.807) is 26.0 Å². The Morgan fingerprint density at radius 1 is 1.29 bits per heavy atom. The standard InChI is InChI=1S/C23H30O8/c1-11-6-16-21(28,18(11)27)8-14(9-24)7-15-17-20(4,5)23(17,31-13(3)26)19(30-10-25)12(2)22(15,16)29/h6-7,10,12,15-17,19,24,28-29H,8-9H2,1-5H3/t12-,15?,16?,17?,19-,21-,22-,23-/m1/s1. The maximum absolute atomic E-state index is 12.9. The highest BCUT2D eigenvalue weighted by molar-refractivity contribution is 6.04. The fraction of sp³-hybridized carbons (Fsp3) is 0.696. The van der Waals surface area contributed by atoms with Gasteiger partial charge in [-0.3, -0.25) is 14.4 Å². The van der Waals surface area contributed by atoms with Gasteiger partial charge in [0.2, 0.25) is 0 Å². The van der Waals surface area contributed by atoms with Crippen LogP contribution in [-0.4, -0.2) is 63.1 Å². The van der Waals surface area contributed by atoms with Crippen molar-refractivity contribution in [3.63, 3.8) is 0 Å². The van der Waals surface area contributed by atoms with E-state index in [4.69, 9.17) is 9.47 Å². The van der Waals surface area contributed by atoms with Gasteiger partial charge in [0.15, 0.2) is 11.4 Å². The molecule has 4 aliphatic carbocycles. The number of carbonyl (C=O) groups is 3. The lowest BCUT2D eigenvalue weighted by Gasteiger charge is -2.52. The van der Waals surface area contributed by atoms with Crippen LogP contribution >= 0.6 is 0 Å². The summed E-state index contributed by atoms with van der Waals surface area (Å²) >= 11 is 0. The number of fused-ring (bicyclic) bond motifs is 5. The number of Topliss-reactive ketones (excluding diaryl/α,β-unsaturated/α-hetero) is 1. The molecule has 3 N–H and O–H groups in total. The summed E-state index contributed by atoms with van der Waals surface area (Å²) in [6.45, 7) is 8.21. The molecule has 31 heavy (non-hydrogen) atoms. The van der Waals surface area contributed by atoms with Gasteiger partial charge in [-0.1, -0.05) is 32.9 Å². The molecule has 0 aromatic rings. The van der Waals surface area contributed by atoms with Crippen molar-refractivity contribution >= 4 is 18.2 Å². The van der Waals surface area contributed by atoms with Gasteiger partial charge in [0, 0.05) is 42.4 Å². The lowest BCUT2D eigenvalue weighted by Crippen LogP contribution is -2.66. The van der Waals surface area contributed by atoms with Crippen LogP contribution in [0.5, 0.6) is 0 Å². The van der Waals surface area contributed by atoms with Crippen LogP contribution in [0.15, 0.2) is 23.3 Å². The third-order valence-corrected chi connectivity index (χ3v) is 8.47. The first-order valence-electron chi connectivity index (χ1n) is 10.6. The van der Waals surface area contributed by atoms with E-state index in [-0.39, 0.29) is 19.5 Å². The van der Waals surface area contributed by atoms with Gasteiger partial charge >= 0.3 is 5.97 Å². The van der Waals surface area contributed by atoms with Gasteiger partial charge in [-0.15, -0.1) is 0 Å². The molecule has 0 saturated heterocycles. The molecule has 2 saturated carbocycles. The zero-order valence-electron chi connectivity index (χ0n) is 18.4. The maximum Gasteiger partial charge on any atom is 0.303 e. The molecular weight excluding hydrogens is 404 g/mol. The number of ketones is 1. The summed E-state index contributed by atoms with van der Waals surface area (Å²) in [5, 5.41) is 33.8. The van der Waals surface area contributed by atoms with Crippen molar-refractivity contribution in [1.82, 2.24) is 0 Å². The van der Waals surface area contributed by atoms with Crippen LogP contribution in [0.4, 0.5) is 0 Å². The molecule has 0 spiro atoms. The summed E-state index contributed by atoms with van der Waals surface area (Å²) in [7, 11) is 0. The molecule has 3 unspecified atom stereocenters. The number of ether oxygens (including phenoxy) is 2. The average molecular weight is 434 g/mol. The average Bonchev–Trinajstić information content (AvgIpc) is 3.10. The molecule has 0 bridgehead atoms. The van der Waals surface area contributed by atoms with Crippen molar-refractivity contribution in [2.24, 2.45) is 29.1 Å². The fourth-order valence-electron chi connectivity index (χ4n) is 7.15. The quantitative estimate of drug-likeness (QED) is 0.335. The van der Waals surface area contributed by atoms with Crippen LogP contribution in [0.1, 0.15) is 41.0 Å². The van der Waals surface area contributed by atoms with Gasteiger partial charge in [-0.25, -0.2) is 0 Å². The van der Waals surface area contributed by atoms with E-state index >= 15 is 0 Å². The Labute approximate surface area is 180 Å². The van der Waals surface area contributed by atoms with Crippen molar-refractivity contribution in [2.75, 3.05) is 6.61 Å². The number of carbonyl (C=O) groups excluding carboxylic acids is 3. The molecule has 0 heterocycles. The van der Waals surface area contributed by atoms with Gasteiger partial charge in [-0.2, -0.15) is 0 Å². The molecule has 8 nitrogen and oxygen atoms in total. The van der Waals surface area contributed by atoms with Gasteiger partial charge in [-0.05, 0) is 18.1 Å². The van der Waals surface area contributed by atoms with E-state index in [9.17, 15) is 29.7 Å². The normalized spacial score (nSPS) is 47.1. The molecule has 2 fully saturated rings. The Kier molecular flexibility index (Phi) is 4.65. The van der Waals surface area contributed by atoms with Gasteiger partial charge in [0.1, 0.15) is 11.7 Å². The zero-order valence-corrected chi connectivity index (χ0v) is 18.4. The van der Waals surface area contributed by atoms with E-state index in [2.05, 4.69) is 0 Å². The van der Waals surface area contributed by atoms with Crippen LogP contribution in [0, 0.1) is 29.1 Å². The maximum atomic E-state index is 12.9. The highest BCUT2D eigenvalue weighted by Gasteiger charge is 2.87. The number of hydrogen-bond acceptors (Lipinski definition) is 8. The topological polar surface area (TPSA) is 130 Å². The van der Waals surface area contributed by atoms with E-state index in [1.807, 2.05) is 13.8 Å². The second kappa shape index (κ2) is 6.49. The smallest absolute Gasteiger partial charge is 0.303 e. The largest absolute Gasteiger partial charge is 0.460 e. The number of aliphatic hydroxyl groups is 3.